The maximum Gasteiger partial charge on any atom is 0.124 e. The third-order valence-electron chi connectivity index (χ3n) is 4.03. The van der Waals surface area contributed by atoms with Crippen LogP contribution in [0.25, 0.3) is 11.0 Å². The smallest absolute Gasteiger partial charge is 0.124 e. The first kappa shape index (κ1) is 14.1. The van der Waals surface area contributed by atoms with E-state index in [-0.39, 0.29) is 6.10 Å². The van der Waals surface area contributed by atoms with E-state index in [1.807, 2.05) is 18.2 Å². The zero-order valence-electron chi connectivity index (χ0n) is 12.3. The van der Waals surface area contributed by atoms with Crippen LogP contribution in [0.3, 0.4) is 0 Å². The van der Waals surface area contributed by atoms with Crippen molar-refractivity contribution in [1.82, 2.24) is 14.5 Å². The van der Waals surface area contributed by atoms with E-state index in [4.69, 9.17) is 10.00 Å². The highest BCUT2D eigenvalue weighted by atomic mass is 16.5. The Morgan fingerprint density at radius 2 is 2.29 bits per heavy atom. The number of rotatable bonds is 4. The SMILES string of the molecule is CCN1CCOC(Cn2c(CC#N)nc3ccccc32)C1. The van der Waals surface area contributed by atoms with Crippen molar-refractivity contribution in [2.45, 2.75) is 26.0 Å². The summed E-state index contributed by atoms with van der Waals surface area (Å²) in [5.41, 5.74) is 2.03. The molecule has 1 aromatic heterocycles. The number of likely N-dealkylation sites (N-methyl/N-ethyl adjacent to an activating group) is 1. The van der Waals surface area contributed by atoms with Gasteiger partial charge in [-0.25, -0.2) is 4.98 Å². The van der Waals surface area contributed by atoms with Crippen molar-refractivity contribution in [3.05, 3.63) is 30.1 Å². The van der Waals surface area contributed by atoms with Crippen LogP contribution in [-0.4, -0.2) is 46.8 Å². The van der Waals surface area contributed by atoms with Crippen LogP contribution in [0.15, 0.2) is 24.3 Å². The lowest BCUT2D eigenvalue weighted by molar-refractivity contribution is -0.0340. The van der Waals surface area contributed by atoms with E-state index < -0.39 is 0 Å². The van der Waals surface area contributed by atoms with Crippen molar-refractivity contribution in [2.75, 3.05) is 26.2 Å². The summed E-state index contributed by atoms with van der Waals surface area (Å²) in [7, 11) is 0. The Balaban J connectivity index is 1.88. The van der Waals surface area contributed by atoms with E-state index in [0.29, 0.717) is 6.42 Å². The third kappa shape index (κ3) is 2.92. The first-order chi connectivity index (χ1) is 10.3. The Labute approximate surface area is 124 Å². The van der Waals surface area contributed by atoms with Gasteiger partial charge in [0.05, 0.1) is 42.8 Å². The van der Waals surface area contributed by atoms with Gasteiger partial charge in [-0.2, -0.15) is 5.26 Å². The quantitative estimate of drug-likeness (QED) is 0.859. The van der Waals surface area contributed by atoms with Gasteiger partial charge >= 0.3 is 0 Å². The number of imidazole rings is 1. The maximum atomic E-state index is 9.01. The minimum atomic E-state index is 0.161. The van der Waals surface area contributed by atoms with Crippen LogP contribution >= 0.6 is 0 Å². The van der Waals surface area contributed by atoms with Gasteiger partial charge in [0.25, 0.3) is 0 Å². The number of para-hydroxylation sites is 2. The van der Waals surface area contributed by atoms with Gasteiger partial charge in [-0.15, -0.1) is 0 Å². The fourth-order valence-electron chi connectivity index (χ4n) is 2.92. The number of morpholine rings is 1. The van der Waals surface area contributed by atoms with Gasteiger partial charge in [-0.3, -0.25) is 4.90 Å². The molecule has 0 bridgehead atoms. The summed E-state index contributed by atoms with van der Waals surface area (Å²) < 4.78 is 8.03. The fourth-order valence-corrected chi connectivity index (χ4v) is 2.92. The molecule has 2 aromatic rings. The lowest BCUT2D eigenvalue weighted by atomic mass is 10.2. The van der Waals surface area contributed by atoms with E-state index in [1.165, 1.54) is 0 Å². The second-order valence-corrected chi connectivity index (χ2v) is 5.35. The van der Waals surface area contributed by atoms with Crippen LogP contribution in [0.5, 0.6) is 0 Å². The largest absolute Gasteiger partial charge is 0.374 e. The first-order valence-electron chi connectivity index (χ1n) is 7.47. The van der Waals surface area contributed by atoms with Gasteiger partial charge in [-0.1, -0.05) is 19.1 Å². The summed E-state index contributed by atoms with van der Waals surface area (Å²) in [6.45, 7) is 6.70. The minimum Gasteiger partial charge on any atom is -0.374 e. The van der Waals surface area contributed by atoms with E-state index in [1.54, 1.807) is 0 Å². The summed E-state index contributed by atoms with van der Waals surface area (Å²) in [4.78, 5) is 6.98. The molecule has 0 saturated carbocycles. The molecule has 0 radical (unpaired) electrons. The average Bonchev–Trinajstić information content (AvgIpc) is 2.86. The van der Waals surface area contributed by atoms with E-state index in [9.17, 15) is 0 Å². The molecule has 1 aliphatic rings. The predicted molar refractivity (Wildman–Crippen MR) is 80.9 cm³/mol. The highest BCUT2D eigenvalue weighted by Gasteiger charge is 2.21. The molecular formula is C16H20N4O. The minimum absolute atomic E-state index is 0.161. The summed E-state index contributed by atoms with van der Waals surface area (Å²) in [5.74, 6) is 0.830. The molecule has 0 N–H and O–H groups in total. The van der Waals surface area contributed by atoms with Crippen LogP contribution in [0, 0.1) is 11.3 Å². The van der Waals surface area contributed by atoms with Gasteiger partial charge in [0.1, 0.15) is 5.82 Å². The van der Waals surface area contributed by atoms with Crippen molar-refractivity contribution in [1.29, 1.82) is 5.26 Å². The molecule has 5 nitrogen and oxygen atoms in total. The Morgan fingerprint density at radius 1 is 1.43 bits per heavy atom. The molecule has 110 valence electrons. The molecule has 21 heavy (non-hydrogen) atoms. The highest BCUT2D eigenvalue weighted by Crippen LogP contribution is 2.18. The van der Waals surface area contributed by atoms with Crippen LogP contribution in [0.4, 0.5) is 0 Å². The molecule has 3 rings (SSSR count). The van der Waals surface area contributed by atoms with Crippen LogP contribution in [0.1, 0.15) is 12.7 Å². The number of benzene rings is 1. The first-order valence-corrected chi connectivity index (χ1v) is 7.47. The number of aromatic nitrogens is 2. The number of ether oxygens (including phenoxy) is 1. The van der Waals surface area contributed by atoms with Crippen molar-refractivity contribution in [3.8, 4) is 6.07 Å². The predicted octanol–water partition coefficient (Wildman–Crippen LogP) is 1.82. The molecule has 0 spiro atoms. The van der Waals surface area contributed by atoms with Crippen LogP contribution in [0.2, 0.25) is 0 Å². The molecule has 1 unspecified atom stereocenters. The zero-order valence-corrected chi connectivity index (χ0v) is 12.3. The molecule has 1 atom stereocenters. The summed E-state index contributed by atoms with van der Waals surface area (Å²) in [6, 6.07) is 10.2. The summed E-state index contributed by atoms with van der Waals surface area (Å²) in [6.07, 6.45) is 0.493. The number of nitriles is 1. The van der Waals surface area contributed by atoms with Crippen molar-refractivity contribution < 1.29 is 4.74 Å². The van der Waals surface area contributed by atoms with Gasteiger partial charge < -0.3 is 9.30 Å². The maximum absolute atomic E-state index is 9.01. The molecule has 0 amide bonds. The van der Waals surface area contributed by atoms with Crippen LogP contribution < -0.4 is 0 Å². The summed E-state index contributed by atoms with van der Waals surface area (Å²) >= 11 is 0. The van der Waals surface area contributed by atoms with Crippen molar-refractivity contribution in [2.24, 2.45) is 0 Å². The monoisotopic (exact) mass is 284 g/mol. The second-order valence-electron chi connectivity index (χ2n) is 5.35. The fraction of sp³-hybridized carbons (Fsp3) is 0.500. The molecule has 2 heterocycles. The lowest BCUT2D eigenvalue weighted by Gasteiger charge is -2.32. The number of hydrogen-bond acceptors (Lipinski definition) is 4. The molecule has 5 heteroatoms. The van der Waals surface area contributed by atoms with E-state index in [2.05, 4.69) is 33.5 Å². The Hall–Kier alpha value is -1.90. The molecular weight excluding hydrogens is 264 g/mol. The van der Waals surface area contributed by atoms with Gasteiger partial charge in [0.2, 0.25) is 0 Å². The standard InChI is InChI=1S/C16H20N4O/c1-2-19-9-10-21-13(11-19)12-20-15-6-4-3-5-14(15)18-16(20)7-8-17/h3-6,13H,2,7,9-12H2,1H3. The van der Waals surface area contributed by atoms with Gasteiger partial charge in [0.15, 0.2) is 0 Å². The molecule has 1 fully saturated rings. The number of nitrogens with zero attached hydrogens (tertiary/aromatic N) is 4. The lowest BCUT2D eigenvalue weighted by Crippen LogP contribution is -2.44. The molecule has 1 saturated heterocycles. The third-order valence-corrected chi connectivity index (χ3v) is 4.03. The van der Waals surface area contributed by atoms with E-state index in [0.717, 1.165) is 49.6 Å². The topological polar surface area (TPSA) is 54.1 Å². The van der Waals surface area contributed by atoms with Crippen molar-refractivity contribution >= 4 is 11.0 Å². The number of fused-ring (bicyclic) bond motifs is 1. The Bertz CT molecular complexity index is 658. The van der Waals surface area contributed by atoms with Crippen molar-refractivity contribution in [3.63, 3.8) is 0 Å². The average molecular weight is 284 g/mol. The van der Waals surface area contributed by atoms with E-state index >= 15 is 0 Å². The van der Waals surface area contributed by atoms with Crippen LogP contribution in [-0.2, 0) is 17.7 Å². The van der Waals surface area contributed by atoms with Gasteiger partial charge in [0, 0.05) is 13.1 Å². The summed E-state index contributed by atoms with van der Waals surface area (Å²) in [5, 5.41) is 9.01. The highest BCUT2D eigenvalue weighted by molar-refractivity contribution is 5.76. The van der Waals surface area contributed by atoms with Gasteiger partial charge in [-0.05, 0) is 18.7 Å². The Kier molecular flexibility index (Phi) is 4.18. The zero-order chi connectivity index (χ0) is 14.7. The normalized spacial score (nSPS) is 19.7. The molecule has 1 aliphatic heterocycles. The number of hydrogen-bond donors (Lipinski definition) is 0. The second kappa shape index (κ2) is 6.25. The molecule has 1 aromatic carbocycles. The Morgan fingerprint density at radius 3 is 3.10 bits per heavy atom. The molecule has 0 aliphatic carbocycles.